The van der Waals surface area contributed by atoms with Crippen LogP contribution >= 0.6 is 0 Å². The number of fused-ring (bicyclic) bond motifs is 3. The molecule has 0 amide bonds. The quantitative estimate of drug-likeness (QED) is 0.454. The van der Waals surface area contributed by atoms with Crippen molar-refractivity contribution in [3.8, 4) is 28.7 Å². The van der Waals surface area contributed by atoms with Crippen molar-refractivity contribution in [3.05, 3.63) is 39.9 Å². The van der Waals surface area contributed by atoms with Gasteiger partial charge in [-0.15, -0.1) is 0 Å². The van der Waals surface area contributed by atoms with Crippen LogP contribution in [0.3, 0.4) is 0 Å². The summed E-state index contributed by atoms with van der Waals surface area (Å²) in [4.78, 5) is 36.9. The van der Waals surface area contributed by atoms with Crippen molar-refractivity contribution >= 4 is 18.0 Å². The highest BCUT2D eigenvalue weighted by molar-refractivity contribution is 6.05. The molecule has 2 aromatic rings. The summed E-state index contributed by atoms with van der Waals surface area (Å²) in [7, 11) is 0. The van der Waals surface area contributed by atoms with Gasteiger partial charge in [0.1, 0.15) is 22.7 Å². The minimum Gasteiger partial charge on any atom is -0.507 e. The number of ether oxygens (including phenoxy) is 3. The number of aryl methyl sites for hydroxylation is 1. The van der Waals surface area contributed by atoms with E-state index >= 15 is 0 Å². The zero-order valence-electron chi connectivity index (χ0n) is 15.8. The third kappa shape index (κ3) is 2.54. The van der Waals surface area contributed by atoms with E-state index in [1.807, 2.05) is 0 Å². The lowest BCUT2D eigenvalue weighted by Gasteiger charge is -2.32. The smallest absolute Gasteiger partial charge is 0.347 e. The molecule has 0 radical (unpaired) electrons. The molecule has 4 rings (SSSR count). The van der Waals surface area contributed by atoms with Crippen LogP contribution < -0.4 is 14.2 Å². The first-order valence-corrected chi connectivity index (χ1v) is 8.74. The Labute approximate surface area is 160 Å². The summed E-state index contributed by atoms with van der Waals surface area (Å²) in [5, 5.41) is 10.1. The summed E-state index contributed by atoms with van der Waals surface area (Å²) in [6.07, 6.45) is 0.608. The lowest BCUT2D eigenvalue weighted by molar-refractivity contribution is 0.0609. The summed E-state index contributed by atoms with van der Waals surface area (Å²) in [5.74, 6) is -0.703. The summed E-state index contributed by atoms with van der Waals surface area (Å²) in [6.45, 7) is 6.85. The van der Waals surface area contributed by atoms with Gasteiger partial charge in [0.25, 0.3) is 0 Å². The molecule has 144 valence electrons. The molecule has 2 aliphatic heterocycles. The van der Waals surface area contributed by atoms with E-state index < -0.39 is 11.6 Å². The zero-order valence-corrected chi connectivity index (χ0v) is 15.8. The second-order valence-corrected chi connectivity index (χ2v) is 7.60. The van der Waals surface area contributed by atoms with Crippen LogP contribution in [-0.4, -0.2) is 28.7 Å². The Kier molecular flexibility index (Phi) is 3.75. The molecule has 1 N–H and O–H groups in total. The van der Waals surface area contributed by atoms with Gasteiger partial charge in [0.05, 0.1) is 17.5 Å². The maximum Gasteiger partial charge on any atom is 0.347 e. The van der Waals surface area contributed by atoms with Gasteiger partial charge in [0.15, 0.2) is 29.3 Å². The van der Waals surface area contributed by atoms with Crippen molar-refractivity contribution < 1.29 is 33.7 Å². The SMILES string of the molecule is Cc1cc(O)c(C=O)c2c1C(=O)Oc1c(cc3c(c1C)C(=O)CC(C)(C)O3)O2. The molecule has 0 spiro atoms. The Morgan fingerprint density at radius 1 is 1.04 bits per heavy atom. The maximum atomic E-state index is 12.8. The van der Waals surface area contributed by atoms with Gasteiger partial charge in [0.2, 0.25) is 0 Å². The molecule has 7 nitrogen and oxygen atoms in total. The van der Waals surface area contributed by atoms with Crippen LogP contribution in [0.25, 0.3) is 0 Å². The number of Topliss-reactive ketones (excluding diaryl/α,β-unsaturated/α-hetero) is 1. The molecular formula is C21H18O7. The van der Waals surface area contributed by atoms with E-state index in [1.165, 1.54) is 12.1 Å². The molecule has 2 aliphatic rings. The van der Waals surface area contributed by atoms with Crippen molar-refractivity contribution in [2.75, 3.05) is 0 Å². The average molecular weight is 382 g/mol. The third-order valence-corrected chi connectivity index (χ3v) is 4.92. The van der Waals surface area contributed by atoms with Gasteiger partial charge >= 0.3 is 5.97 Å². The third-order valence-electron chi connectivity index (χ3n) is 4.92. The van der Waals surface area contributed by atoms with E-state index in [9.17, 15) is 19.5 Å². The summed E-state index contributed by atoms with van der Waals surface area (Å²) in [6, 6.07) is 2.78. The van der Waals surface area contributed by atoms with E-state index in [1.54, 1.807) is 27.7 Å². The molecule has 2 aromatic carbocycles. The van der Waals surface area contributed by atoms with E-state index in [4.69, 9.17) is 14.2 Å². The molecule has 2 heterocycles. The predicted molar refractivity (Wildman–Crippen MR) is 98.1 cm³/mol. The highest BCUT2D eigenvalue weighted by atomic mass is 16.6. The fourth-order valence-electron chi connectivity index (χ4n) is 3.69. The Morgan fingerprint density at radius 2 is 1.75 bits per heavy atom. The van der Waals surface area contributed by atoms with Gasteiger partial charge < -0.3 is 19.3 Å². The van der Waals surface area contributed by atoms with Gasteiger partial charge in [0, 0.05) is 11.6 Å². The maximum absolute atomic E-state index is 12.8. The molecule has 0 saturated carbocycles. The average Bonchev–Trinajstić information content (AvgIpc) is 2.70. The Morgan fingerprint density at radius 3 is 2.43 bits per heavy atom. The topological polar surface area (TPSA) is 99.1 Å². The highest BCUT2D eigenvalue weighted by Crippen LogP contribution is 2.49. The number of aldehydes is 1. The van der Waals surface area contributed by atoms with E-state index in [0.29, 0.717) is 28.7 Å². The van der Waals surface area contributed by atoms with Gasteiger partial charge in [-0.2, -0.15) is 0 Å². The van der Waals surface area contributed by atoms with E-state index in [2.05, 4.69) is 0 Å². The number of rotatable bonds is 1. The van der Waals surface area contributed by atoms with Crippen molar-refractivity contribution in [2.24, 2.45) is 0 Å². The highest BCUT2D eigenvalue weighted by Gasteiger charge is 2.38. The lowest BCUT2D eigenvalue weighted by Crippen LogP contribution is -2.36. The molecule has 7 heteroatoms. The molecule has 0 aromatic heterocycles. The van der Waals surface area contributed by atoms with Crippen LogP contribution in [0.15, 0.2) is 12.1 Å². The molecular weight excluding hydrogens is 364 g/mol. The largest absolute Gasteiger partial charge is 0.507 e. The van der Waals surface area contributed by atoms with Crippen molar-refractivity contribution in [3.63, 3.8) is 0 Å². The van der Waals surface area contributed by atoms with Gasteiger partial charge in [-0.25, -0.2) is 4.79 Å². The molecule has 0 bridgehead atoms. The Hall–Kier alpha value is -3.35. The number of ketones is 1. The summed E-state index contributed by atoms with van der Waals surface area (Å²) < 4.78 is 17.3. The second-order valence-electron chi connectivity index (χ2n) is 7.60. The molecule has 0 aliphatic carbocycles. The lowest BCUT2D eigenvalue weighted by atomic mass is 9.90. The molecule has 0 atom stereocenters. The number of aromatic hydroxyl groups is 1. The molecule has 0 fully saturated rings. The standard InChI is InChI=1S/C21H18O7/c1-9-5-12(23)11(8-22)19-16(9)20(25)27-18-10(2)17-13(24)7-21(3,4)28-14(17)6-15(18)26-19/h5-6,8,23H,7H2,1-4H3. The number of hydrogen-bond donors (Lipinski definition) is 1. The minimum absolute atomic E-state index is 0.0426. The second kappa shape index (κ2) is 5.82. The van der Waals surface area contributed by atoms with Crippen molar-refractivity contribution in [1.29, 1.82) is 0 Å². The van der Waals surface area contributed by atoms with Crippen LogP contribution in [-0.2, 0) is 0 Å². The fourth-order valence-corrected chi connectivity index (χ4v) is 3.69. The van der Waals surface area contributed by atoms with Crippen molar-refractivity contribution in [1.82, 2.24) is 0 Å². The van der Waals surface area contributed by atoms with Gasteiger partial charge in [-0.1, -0.05) is 0 Å². The normalized spacial score (nSPS) is 16.6. The van der Waals surface area contributed by atoms with Gasteiger partial charge in [-0.05, 0) is 39.3 Å². The van der Waals surface area contributed by atoms with Crippen LogP contribution in [0, 0.1) is 13.8 Å². The van der Waals surface area contributed by atoms with Crippen LogP contribution in [0.5, 0.6) is 28.7 Å². The minimum atomic E-state index is -0.734. The van der Waals surface area contributed by atoms with Crippen LogP contribution in [0.2, 0.25) is 0 Å². The molecule has 0 saturated heterocycles. The van der Waals surface area contributed by atoms with Crippen LogP contribution in [0.4, 0.5) is 0 Å². The van der Waals surface area contributed by atoms with E-state index in [0.717, 1.165) is 0 Å². The Balaban J connectivity index is 1.98. The van der Waals surface area contributed by atoms with Crippen molar-refractivity contribution in [2.45, 2.75) is 39.7 Å². The summed E-state index contributed by atoms with van der Waals surface area (Å²) >= 11 is 0. The molecule has 28 heavy (non-hydrogen) atoms. The fraction of sp³-hybridized carbons (Fsp3) is 0.286. The predicted octanol–water partition coefficient (Wildman–Crippen LogP) is 3.89. The zero-order chi connectivity index (χ0) is 20.4. The number of carbonyl (C=O) groups is 3. The Bertz CT molecular complexity index is 1080. The number of esters is 1. The number of hydrogen-bond acceptors (Lipinski definition) is 7. The first-order valence-electron chi connectivity index (χ1n) is 8.74. The van der Waals surface area contributed by atoms with E-state index in [-0.39, 0.29) is 46.3 Å². The first kappa shape index (κ1) is 18.0. The monoisotopic (exact) mass is 382 g/mol. The molecule has 0 unspecified atom stereocenters. The number of benzene rings is 2. The number of carbonyl (C=O) groups excluding carboxylic acids is 3. The number of phenolic OH excluding ortho intramolecular Hbond substituents is 1. The first-order chi connectivity index (χ1) is 13.1. The number of phenols is 1. The van der Waals surface area contributed by atoms with Crippen LogP contribution in [0.1, 0.15) is 62.5 Å². The summed E-state index contributed by atoms with van der Waals surface area (Å²) in [5.41, 5.74) is 0.359. The van der Waals surface area contributed by atoms with Gasteiger partial charge in [-0.3, -0.25) is 9.59 Å².